The van der Waals surface area contributed by atoms with Crippen LogP contribution in [0.3, 0.4) is 0 Å². The van der Waals surface area contributed by atoms with Crippen LogP contribution in [0.2, 0.25) is 0 Å². The molecule has 2 N–H and O–H groups in total. The molecule has 0 unspecified atom stereocenters. The first-order chi connectivity index (χ1) is 9.06. The maximum absolute atomic E-state index is 13.3. The number of hydrogen-bond donors (Lipinski definition) is 2. The van der Waals surface area contributed by atoms with Crippen LogP contribution in [-0.2, 0) is 5.75 Å². The molecule has 0 aliphatic heterocycles. The van der Waals surface area contributed by atoms with Gasteiger partial charge in [0, 0.05) is 23.1 Å². The van der Waals surface area contributed by atoms with Crippen LogP contribution >= 0.6 is 11.8 Å². The fourth-order valence-corrected chi connectivity index (χ4v) is 2.34. The highest BCUT2D eigenvalue weighted by Crippen LogP contribution is 2.18. The van der Waals surface area contributed by atoms with Gasteiger partial charge in [-0.1, -0.05) is 23.9 Å². The van der Waals surface area contributed by atoms with Gasteiger partial charge in [-0.2, -0.15) is 0 Å². The zero-order chi connectivity index (χ0) is 13.8. The first kappa shape index (κ1) is 14.0. The van der Waals surface area contributed by atoms with Gasteiger partial charge in [-0.15, -0.1) is 0 Å². The summed E-state index contributed by atoms with van der Waals surface area (Å²) in [6.07, 6.45) is 1.68. The summed E-state index contributed by atoms with van der Waals surface area (Å²) in [5.41, 5.74) is 1.53. The van der Waals surface area contributed by atoms with Gasteiger partial charge in [0.25, 0.3) is 0 Å². The molecule has 0 bridgehead atoms. The Labute approximate surface area is 114 Å². The van der Waals surface area contributed by atoms with Crippen LogP contribution < -0.4 is 5.46 Å². The van der Waals surface area contributed by atoms with Crippen molar-refractivity contribution in [3.05, 3.63) is 47.5 Å². The molecule has 7 heteroatoms. The summed E-state index contributed by atoms with van der Waals surface area (Å²) in [4.78, 5) is 8.35. The molecule has 19 heavy (non-hydrogen) atoms. The minimum absolute atomic E-state index is 0.122. The second kappa shape index (κ2) is 6.14. The highest BCUT2D eigenvalue weighted by atomic mass is 32.2. The number of benzene rings is 1. The minimum Gasteiger partial charge on any atom is -0.423 e. The van der Waals surface area contributed by atoms with Crippen molar-refractivity contribution in [2.24, 2.45) is 0 Å². The molecule has 0 aliphatic carbocycles. The van der Waals surface area contributed by atoms with Gasteiger partial charge in [-0.25, -0.2) is 14.4 Å². The molecule has 0 radical (unpaired) electrons. The Morgan fingerprint density at radius 2 is 2.11 bits per heavy atom. The average molecular weight is 278 g/mol. The van der Waals surface area contributed by atoms with E-state index in [4.69, 9.17) is 10.0 Å². The third-order valence-corrected chi connectivity index (χ3v) is 3.41. The Hall–Kier alpha value is -1.44. The van der Waals surface area contributed by atoms with E-state index in [9.17, 15) is 4.39 Å². The van der Waals surface area contributed by atoms with Gasteiger partial charge in [0.2, 0.25) is 0 Å². The molecule has 0 amide bonds. The fraction of sp³-hybridized carbons (Fsp3) is 0.167. The summed E-state index contributed by atoms with van der Waals surface area (Å²) in [6, 6.07) is 6.07. The van der Waals surface area contributed by atoms with Gasteiger partial charge in [-0.05, 0) is 24.6 Å². The molecule has 0 saturated carbocycles. The van der Waals surface area contributed by atoms with Crippen LogP contribution in [0.1, 0.15) is 11.3 Å². The average Bonchev–Trinajstić information content (AvgIpc) is 2.37. The van der Waals surface area contributed by atoms with E-state index >= 15 is 0 Å². The molecule has 98 valence electrons. The Bertz CT molecular complexity index is 583. The molecule has 1 aromatic heterocycles. The van der Waals surface area contributed by atoms with E-state index in [1.54, 1.807) is 12.3 Å². The van der Waals surface area contributed by atoms with E-state index in [1.807, 2.05) is 13.0 Å². The van der Waals surface area contributed by atoms with Crippen LogP contribution in [0.15, 0.2) is 35.6 Å². The summed E-state index contributed by atoms with van der Waals surface area (Å²) in [6.45, 7) is 1.88. The molecule has 0 spiro atoms. The van der Waals surface area contributed by atoms with E-state index in [2.05, 4.69) is 9.97 Å². The van der Waals surface area contributed by atoms with Gasteiger partial charge in [0.05, 0.1) is 0 Å². The minimum atomic E-state index is -1.81. The maximum Gasteiger partial charge on any atom is 0.491 e. The molecule has 1 heterocycles. The van der Waals surface area contributed by atoms with E-state index in [0.717, 1.165) is 11.3 Å². The quantitative estimate of drug-likeness (QED) is 0.494. The lowest BCUT2D eigenvalue weighted by Crippen LogP contribution is -2.33. The Kier molecular flexibility index (Phi) is 4.52. The van der Waals surface area contributed by atoms with Gasteiger partial charge < -0.3 is 10.0 Å². The van der Waals surface area contributed by atoms with Crippen molar-refractivity contribution in [2.75, 3.05) is 0 Å². The number of rotatable bonds is 4. The zero-order valence-corrected chi connectivity index (χ0v) is 11.1. The lowest BCUT2D eigenvalue weighted by molar-refractivity contribution is 0.423. The van der Waals surface area contributed by atoms with Crippen molar-refractivity contribution in [3.8, 4) is 0 Å². The summed E-state index contributed by atoms with van der Waals surface area (Å²) in [5.74, 6) is -0.0979. The van der Waals surface area contributed by atoms with Gasteiger partial charge in [0.1, 0.15) is 5.82 Å². The summed E-state index contributed by atoms with van der Waals surface area (Å²) >= 11 is 1.41. The van der Waals surface area contributed by atoms with Crippen molar-refractivity contribution >= 4 is 24.3 Å². The SMILES string of the molecule is Cc1ccnc(SCc2ccc(F)c(B(O)O)c2)n1. The lowest BCUT2D eigenvalue weighted by Gasteiger charge is -2.05. The number of thioether (sulfide) groups is 1. The van der Waals surface area contributed by atoms with E-state index in [-0.39, 0.29) is 5.46 Å². The molecule has 2 rings (SSSR count). The highest BCUT2D eigenvalue weighted by Gasteiger charge is 2.16. The van der Waals surface area contributed by atoms with Crippen LogP contribution in [-0.4, -0.2) is 27.1 Å². The van der Waals surface area contributed by atoms with Gasteiger partial charge in [0.15, 0.2) is 5.16 Å². The van der Waals surface area contributed by atoms with Gasteiger partial charge in [-0.3, -0.25) is 0 Å². The van der Waals surface area contributed by atoms with Crippen LogP contribution in [0.25, 0.3) is 0 Å². The van der Waals surface area contributed by atoms with Crippen LogP contribution in [0.4, 0.5) is 4.39 Å². The third-order valence-electron chi connectivity index (χ3n) is 2.48. The van der Waals surface area contributed by atoms with Crippen LogP contribution in [0.5, 0.6) is 0 Å². The largest absolute Gasteiger partial charge is 0.491 e. The third kappa shape index (κ3) is 3.76. The topological polar surface area (TPSA) is 66.2 Å². The van der Waals surface area contributed by atoms with Crippen molar-refractivity contribution in [3.63, 3.8) is 0 Å². The molecule has 0 aliphatic rings. The van der Waals surface area contributed by atoms with E-state index in [0.29, 0.717) is 10.9 Å². The molecule has 0 atom stereocenters. The van der Waals surface area contributed by atoms with Crippen molar-refractivity contribution in [1.82, 2.24) is 9.97 Å². The lowest BCUT2D eigenvalue weighted by atomic mass is 9.79. The second-order valence-corrected chi connectivity index (χ2v) is 4.94. The zero-order valence-electron chi connectivity index (χ0n) is 10.2. The summed E-state index contributed by atoms with van der Waals surface area (Å²) in [5, 5.41) is 18.7. The Morgan fingerprint density at radius 1 is 1.32 bits per heavy atom. The number of hydrogen-bond acceptors (Lipinski definition) is 5. The number of nitrogens with zero attached hydrogens (tertiary/aromatic N) is 2. The molecule has 4 nitrogen and oxygen atoms in total. The van der Waals surface area contributed by atoms with Crippen molar-refractivity contribution < 1.29 is 14.4 Å². The number of aryl methyl sites for hydroxylation is 1. The number of aromatic nitrogens is 2. The maximum atomic E-state index is 13.3. The summed E-state index contributed by atoms with van der Waals surface area (Å²) < 4.78 is 13.3. The molecule has 2 aromatic rings. The monoisotopic (exact) mass is 278 g/mol. The standard InChI is InChI=1S/C12H12BFN2O2S/c1-8-4-5-15-12(16-8)19-7-9-2-3-11(14)10(6-9)13(17)18/h2-6,17-18H,7H2,1H3. The molecule has 0 saturated heterocycles. The van der Waals surface area contributed by atoms with E-state index in [1.165, 1.54) is 23.9 Å². The predicted molar refractivity (Wildman–Crippen MR) is 72.6 cm³/mol. The van der Waals surface area contributed by atoms with Crippen molar-refractivity contribution in [1.29, 1.82) is 0 Å². The number of halogens is 1. The van der Waals surface area contributed by atoms with E-state index < -0.39 is 12.9 Å². The molecular formula is C12H12BFN2O2S. The van der Waals surface area contributed by atoms with Gasteiger partial charge >= 0.3 is 7.12 Å². The first-order valence-corrected chi connectivity index (χ1v) is 6.62. The summed E-state index contributed by atoms with van der Waals surface area (Å²) in [7, 11) is -1.81. The molecule has 1 aromatic carbocycles. The normalized spacial score (nSPS) is 10.5. The van der Waals surface area contributed by atoms with Crippen LogP contribution in [0, 0.1) is 12.7 Å². The first-order valence-electron chi connectivity index (χ1n) is 5.63. The van der Waals surface area contributed by atoms with Crippen molar-refractivity contribution in [2.45, 2.75) is 17.8 Å². The highest BCUT2D eigenvalue weighted by molar-refractivity contribution is 7.98. The predicted octanol–water partition coefficient (Wildman–Crippen LogP) is 0.896. The molecular weight excluding hydrogens is 266 g/mol. The molecule has 0 fully saturated rings. The smallest absolute Gasteiger partial charge is 0.423 e. The Morgan fingerprint density at radius 3 is 2.79 bits per heavy atom. The fourth-order valence-electron chi connectivity index (χ4n) is 1.52. The second-order valence-electron chi connectivity index (χ2n) is 4.00. The Balaban J connectivity index is 2.09.